The van der Waals surface area contributed by atoms with Gasteiger partial charge in [-0.15, -0.1) is 0 Å². The van der Waals surface area contributed by atoms with Crippen LogP contribution in [-0.2, 0) is 19.4 Å². The fourth-order valence-electron chi connectivity index (χ4n) is 2.03. The van der Waals surface area contributed by atoms with E-state index < -0.39 is 14.8 Å². The molecule has 0 unspecified atom stereocenters. The maximum Gasteiger partial charge on any atom is 0.208 e. The maximum atomic E-state index is 12.6. The summed E-state index contributed by atoms with van der Waals surface area (Å²) in [5, 5.41) is 0. The molecule has 0 aromatic heterocycles. The number of hydrogen-bond donors (Lipinski definition) is 0. The lowest BCUT2D eigenvalue weighted by Crippen LogP contribution is -2.26. The van der Waals surface area contributed by atoms with Gasteiger partial charge in [-0.25, -0.2) is 8.42 Å². The molecule has 0 heterocycles. The van der Waals surface area contributed by atoms with Crippen LogP contribution in [0.2, 0.25) is 0 Å². The Kier molecular flexibility index (Phi) is 4.45. The van der Waals surface area contributed by atoms with E-state index >= 15 is 0 Å². The van der Waals surface area contributed by atoms with E-state index in [2.05, 4.69) is 0 Å². The number of aldehydes is 1. The van der Waals surface area contributed by atoms with E-state index in [1.165, 1.54) is 6.07 Å². The van der Waals surface area contributed by atoms with E-state index in [0.717, 1.165) is 6.29 Å². The average molecular weight is 298 g/mol. The van der Waals surface area contributed by atoms with E-state index in [1.54, 1.807) is 25.1 Å². The summed E-state index contributed by atoms with van der Waals surface area (Å²) in [4.78, 5) is 9.39. The maximum absolute atomic E-state index is 12.6. The van der Waals surface area contributed by atoms with E-state index in [9.17, 15) is 13.2 Å². The number of benzene rings is 1. The number of carbonyl (C=O) groups excluding carboxylic acids is 1. The monoisotopic (exact) mass is 298 g/mol. The largest absolute Gasteiger partial charge is 0.493 e. The molecule has 1 aliphatic rings. The molecule has 1 aromatic rings. The highest BCUT2D eigenvalue weighted by Gasteiger charge is 2.56. The molecule has 5 nitrogen and oxygen atoms in total. The van der Waals surface area contributed by atoms with Crippen molar-refractivity contribution in [3.63, 3.8) is 0 Å². The smallest absolute Gasteiger partial charge is 0.208 e. The van der Waals surface area contributed by atoms with Crippen LogP contribution in [0.3, 0.4) is 0 Å². The van der Waals surface area contributed by atoms with Gasteiger partial charge in [0.1, 0.15) is 12.0 Å². The van der Waals surface area contributed by atoms with Crippen molar-refractivity contribution in [2.75, 3.05) is 13.2 Å². The van der Waals surface area contributed by atoms with Crippen molar-refractivity contribution in [1.82, 2.24) is 0 Å². The molecule has 0 atom stereocenters. The number of sulfone groups is 1. The zero-order valence-corrected chi connectivity index (χ0v) is 12.2. The first-order valence-electron chi connectivity index (χ1n) is 6.61. The van der Waals surface area contributed by atoms with Crippen LogP contribution >= 0.6 is 0 Å². The third kappa shape index (κ3) is 2.86. The molecule has 1 aliphatic carbocycles. The van der Waals surface area contributed by atoms with Crippen molar-refractivity contribution >= 4 is 16.1 Å². The third-order valence-corrected chi connectivity index (χ3v) is 5.56. The van der Waals surface area contributed by atoms with Crippen LogP contribution in [0, 0.1) is 0 Å². The van der Waals surface area contributed by atoms with Crippen molar-refractivity contribution in [3.05, 3.63) is 24.3 Å². The first kappa shape index (κ1) is 15.0. The van der Waals surface area contributed by atoms with Crippen molar-refractivity contribution < 1.29 is 22.7 Å². The average Bonchev–Trinajstić information content (AvgIpc) is 3.21. The van der Waals surface area contributed by atoms with E-state index in [0.29, 0.717) is 25.2 Å². The van der Waals surface area contributed by atoms with Crippen LogP contribution in [0.15, 0.2) is 29.2 Å². The number of rotatable bonds is 8. The molecular formula is C14H18O5S. The summed E-state index contributed by atoms with van der Waals surface area (Å²) in [7, 11) is -3.51. The molecule has 110 valence electrons. The Balaban J connectivity index is 2.20. The van der Waals surface area contributed by atoms with Crippen molar-refractivity contribution in [1.29, 1.82) is 0 Å². The Morgan fingerprint density at radius 3 is 2.70 bits per heavy atom. The van der Waals surface area contributed by atoms with Crippen LogP contribution in [0.5, 0.6) is 5.75 Å². The second-order valence-corrected chi connectivity index (χ2v) is 6.85. The predicted octanol–water partition coefficient (Wildman–Crippen LogP) is 1.95. The fraction of sp³-hybridized carbons (Fsp3) is 0.500. The number of ether oxygens (including phenoxy) is 2. The molecule has 1 aromatic carbocycles. The van der Waals surface area contributed by atoms with Gasteiger partial charge in [-0.1, -0.05) is 6.07 Å². The molecule has 0 aliphatic heterocycles. The molecule has 0 N–H and O–H groups in total. The van der Waals surface area contributed by atoms with E-state index in [-0.39, 0.29) is 17.9 Å². The van der Waals surface area contributed by atoms with Crippen molar-refractivity contribution in [3.8, 4) is 5.75 Å². The van der Waals surface area contributed by atoms with Gasteiger partial charge >= 0.3 is 0 Å². The highest BCUT2D eigenvalue weighted by atomic mass is 32.2. The summed E-state index contributed by atoms with van der Waals surface area (Å²) in [5.41, 5.74) is 0. The highest BCUT2D eigenvalue weighted by molar-refractivity contribution is 7.93. The van der Waals surface area contributed by atoms with E-state index in [1.807, 2.05) is 0 Å². The standard InChI is InChI=1S/C14H18O5S/c1-2-19-14(7-8-14)20(16,17)13-6-3-5-12(11-13)18-10-4-9-15/h3,5-6,9,11H,2,4,7-8,10H2,1H3. The Morgan fingerprint density at radius 1 is 1.35 bits per heavy atom. The normalized spacial score (nSPS) is 16.6. The van der Waals surface area contributed by atoms with E-state index in [4.69, 9.17) is 9.47 Å². The van der Waals surface area contributed by atoms with Crippen molar-refractivity contribution in [2.24, 2.45) is 0 Å². The Bertz CT molecular complexity index is 575. The lowest BCUT2D eigenvalue weighted by atomic mass is 10.3. The molecule has 0 saturated heterocycles. The molecule has 0 spiro atoms. The quantitative estimate of drug-likeness (QED) is 0.542. The molecular weight excluding hydrogens is 280 g/mol. The summed E-state index contributed by atoms with van der Waals surface area (Å²) in [6.45, 7) is 2.40. The Morgan fingerprint density at radius 2 is 2.10 bits per heavy atom. The minimum Gasteiger partial charge on any atom is -0.493 e. The summed E-state index contributed by atoms with van der Waals surface area (Å²) in [5.74, 6) is 0.445. The molecule has 20 heavy (non-hydrogen) atoms. The summed E-state index contributed by atoms with van der Waals surface area (Å²) in [6.07, 6.45) is 2.09. The van der Waals surface area contributed by atoms with Crippen LogP contribution in [-0.4, -0.2) is 32.9 Å². The Labute approximate surface area is 118 Å². The minimum absolute atomic E-state index is 0.201. The summed E-state index contributed by atoms with van der Waals surface area (Å²) >= 11 is 0. The highest BCUT2D eigenvalue weighted by Crippen LogP contribution is 2.47. The fourth-order valence-corrected chi connectivity index (χ4v) is 3.90. The molecule has 0 radical (unpaired) electrons. The minimum atomic E-state index is -3.51. The van der Waals surface area contributed by atoms with Crippen molar-refractivity contribution in [2.45, 2.75) is 36.0 Å². The molecule has 1 saturated carbocycles. The third-order valence-electron chi connectivity index (χ3n) is 3.18. The van der Waals surface area contributed by atoms with Gasteiger partial charge in [0.15, 0.2) is 4.93 Å². The zero-order valence-electron chi connectivity index (χ0n) is 11.4. The molecule has 0 amide bonds. The second kappa shape index (κ2) is 5.93. The number of hydrogen-bond acceptors (Lipinski definition) is 5. The van der Waals surface area contributed by atoms with Crippen LogP contribution < -0.4 is 4.74 Å². The van der Waals surface area contributed by atoms with Gasteiger partial charge in [-0.2, -0.15) is 0 Å². The molecule has 1 fully saturated rings. The summed E-state index contributed by atoms with van der Waals surface area (Å²) in [6, 6.07) is 6.33. The first-order valence-corrected chi connectivity index (χ1v) is 8.09. The SMILES string of the molecule is CCOC1(S(=O)(=O)c2cccc(OCCC=O)c2)CC1. The lowest BCUT2D eigenvalue weighted by molar-refractivity contribution is -0.108. The van der Waals surface area contributed by atoms with Gasteiger partial charge in [-0.3, -0.25) is 0 Å². The van der Waals surface area contributed by atoms with Crippen LogP contribution in [0.4, 0.5) is 0 Å². The van der Waals surface area contributed by atoms with Gasteiger partial charge < -0.3 is 14.3 Å². The number of carbonyl (C=O) groups is 1. The molecule has 2 rings (SSSR count). The topological polar surface area (TPSA) is 69.7 Å². The van der Waals surface area contributed by atoms with Crippen LogP contribution in [0.25, 0.3) is 0 Å². The van der Waals surface area contributed by atoms with Crippen LogP contribution in [0.1, 0.15) is 26.2 Å². The summed E-state index contributed by atoms with van der Waals surface area (Å²) < 4.78 is 35.9. The lowest BCUT2D eigenvalue weighted by Gasteiger charge is -2.16. The van der Waals surface area contributed by atoms with Gasteiger partial charge in [0.25, 0.3) is 0 Å². The second-order valence-electron chi connectivity index (χ2n) is 4.63. The first-order chi connectivity index (χ1) is 9.55. The zero-order chi connectivity index (χ0) is 14.6. The van der Waals surface area contributed by atoms with Gasteiger partial charge in [0.05, 0.1) is 11.5 Å². The molecule has 6 heteroatoms. The van der Waals surface area contributed by atoms with Gasteiger partial charge in [0, 0.05) is 13.0 Å². The predicted molar refractivity (Wildman–Crippen MR) is 73.4 cm³/mol. The van der Waals surface area contributed by atoms with Gasteiger partial charge in [0.2, 0.25) is 9.84 Å². The molecule has 0 bridgehead atoms. The Hall–Kier alpha value is -1.40. The van der Waals surface area contributed by atoms with Gasteiger partial charge in [-0.05, 0) is 38.0 Å².